The first kappa shape index (κ1) is 7.88. The molecular formula is C6H9NO2. The van der Waals surface area contributed by atoms with E-state index in [0.717, 1.165) is 0 Å². The van der Waals surface area contributed by atoms with Crippen LogP contribution >= 0.6 is 0 Å². The Kier molecular flexibility index (Phi) is 4.40. The molecule has 0 aromatic carbocycles. The molecular weight excluding hydrogens is 118 g/mol. The number of hydrogen-bond acceptors (Lipinski definition) is 3. The molecule has 0 saturated heterocycles. The smallest absolute Gasteiger partial charge is 0.148 e. The van der Waals surface area contributed by atoms with E-state index in [-0.39, 0.29) is 12.3 Å². The summed E-state index contributed by atoms with van der Waals surface area (Å²) in [7, 11) is 0. The van der Waals surface area contributed by atoms with Crippen molar-refractivity contribution in [3.63, 3.8) is 0 Å². The van der Waals surface area contributed by atoms with E-state index in [1.807, 2.05) is 0 Å². The summed E-state index contributed by atoms with van der Waals surface area (Å²) in [6.07, 6.45) is 3.38. The molecule has 0 aliphatic carbocycles. The van der Waals surface area contributed by atoms with Gasteiger partial charge in [0.15, 0.2) is 0 Å². The van der Waals surface area contributed by atoms with E-state index in [1.54, 1.807) is 0 Å². The first-order chi connectivity index (χ1) is 4.27. The molecule has 3 nitrogen and oxygen atoms in total. The zero-order chi connectivity index (χ0) is 7.11. The highest BCUT2D eigenvalue weighted by Gasteiger charge is 1.84. The fraction of sp³-hybridized carbons (Fsp3) is 0.333. The van der Waals surface area contributed by atoms with Crippen LogP contribution < -0.4 is 5.32 Å². The van der Waals surface area contributed by atoms with E-state index >= 15 is 0 Å². The van der Waals surface area contributed by atoms with Crippen molar-refractivity contribution in [1.29, 1.82) is 0 Å². The van der Waals surface area contributed by atoms with E-state index in [2.05, 4.69) is 5.32 Å². The predicted octanol–water partition coefficient (Wildman–Crippen LogP) is -0.122. The predicted molar refractivity (Wildman–Crippen MR) is 33.9 cm³/mol. The van der Waals surface area contributed by atoms with Gasteiger partial charge < -0.3 is 5.32 Å². The van der Waals surface area contributed by atoms with E-state index < -0.39 is 0 Å². The van der Waals surface area contributed by atoms with Crippen LogP contribution in [0.4, 0.5) is 0 Å². The second kappa shape index (κ2) is 5.03. The number of Topliss-reactive ketones (excluding diaryl/α,β-unsaturated/α-hetero) is 1. The van der Waals surface area contributed by atoms with Crippen molar-refractivity contribution < 1.29 is 9.59 Å². The minimum absolute atomic E-state index is 0.0468. The van der Waals surface area contributed by atoms with Crippen LogP contribution in [0.25, 0.3) is 0 Å². The molecule has 0 aliphatic heterocycles. The number of aldehydes is 1. The van der Waals surface area contributed by atoms with Gasteiger partial charge in [0.05, 0.1) is 6.54 Å². The molecule has 1 N–H and O–H groups in total. The summed E-state index contributed by atoms with van der Waals surface area (Å²) in [5, 5.41) is 2.62. The highest BCUT2D eigenvalue weighted by molar-refractivity contribution is 5.77. The van der Waals surface area contributed by atoms with Gasteiger partial charge in [-0.1, -0.05) is 0 Å². The van der Waals surface area contributed by atoms with Gasteiger partial charge in [-0.2, -0.15) is 0 Å². The lowest BCUT2D eigenvalue weighted by Crippen LogP contribution is -2.14. The Hall–Kier alpha value is -1.12. The molecule has 3 heteroatoms. The first-order valence-corrected chi connectivity index (χ1v) is 2.60. The molecule has 0 amide bonds. The zero-order valence-electron chi connectivity index (χ0n) is 5.26. The molecule has 0 bridgehead atoms. The number of ketones is 1. The standard InChI is InChI=1S/C6H9NO2/c1-6(9)5-7-3-2-4-8/h2-4,7H,5H2,1H3/b3-2+. The maximum Gasteiger partial charge on any atom is 0.148 e. The molecule has 0 spiro atoms. The van der Waals surface area contributed by atoms with Crippen molar-refractivity contribution in [2.75, 3.05) is 6.54 Å². The van der Waals surface area contributed by atoms with Crippen LogP contribution in [0.15, 0.2) is 12.3 Å². The van der Waals surface area contributed by atoms with Crippen LogP contribution in [0.3, 0.4) is 0 Å². The third kappa shape index (κ3) is 6.88. The average Bonchev–Trinajstić information content (AvgIpc) is 1.80. The summed E-state index contributed by atoms with van der Waals surface area (Å²) < 4.78 is 0. The molecule has 50 valence electrons. The monoisotopic (exact) mass is 127 g/mol. The second-order valence-electron chi connectivity index (χ2n) is 1.58. The number of rotatable bonds is 4. The molecule has 0 aromatic rings. The summed E-state index contributed by atoms with van der Waals surface area (Å²) in [4.78, 5) is 19.9. The van der Waals surface area contributed by atoms with Gasteiger partial charge in [0.1, 0.15) is 12.1 Å². The first-order valence-electron chi connectivity index (χ1n) is 2.60. The van der Waals surface area contributed by atoms with Gasteiger partial charge in [-0.3, -0.25) is 9.59 Å². The number of nitrogens with one attached hydrogen (secondary N) is 1. The maximum absolute atomic E-state index is 10.2. The van der Waals surface area contributed by atoms with Crippen LogP contribution in [-0.2, 0) is 9.59 Å². The highest BCUT2D eigenvalue weighted by atomic mass is 16.1. The highest BCUT2D eigenvalue weighted by Crippen LogP contribution is 1.64. The van der Waals surface area contributed by atoms with Crippen molar-refractivity contribution in [3.8, 4) is 0 Å². The Balaban J connectivity index is 3.19. The molecule has 0 unspecified atom stereocenters. The Labute approximate surface area is 53.7 Å². The Bertz CT molecular complexity index is 129. The van der Waals surface area contributed by atoms with E-state index in [0.29, 0.717) is 6.29 Å². The lowest BCUT2D eigenvalue weighted by molar-refractivity contribution is -0.116. The van der Waals surface area contributed by atoms with Crippen molar-refractivity contribution in [2.24, 2.45) is 0 Å². The molecule has 9 heavy (non-hydrogen) atoms. The summed E-state index contributed by atoms with van der Waals surface area (Å²) in [5.74, 6) is 0.0468. The normalized spacial score (nSPS) is 9.44. The molecule has 0 atom stereocenters. The molecule has 0 aliphatic rings. The largest absolute Gasteiger partial charge is 0.384 e. The van der Waals surface area contributed by atoms with Crippen LogP contribution in [0.2, 0.25) is 0 Å². The molecule has 0 fully saturated rings. The van der Waals surface area contributed by atoms with Crippen LogP contribution in [0, 0.1) is 0 Å². The number of carbonyl (C=O) groups is 2. The van der Waals surface area contributed by atoms with Gasteiger partial charge in [-0.15, -0.1) is 0 Å². The third-order valence-corrected chi connectivity index (χ3v) is 0.644. The van der Waals surface area contributed by atoms with Crippen LogP contribution in [0.1, 0.15) is 6.92 Å². The lowest BCUT2D eigenvalue weighted by atomic mass is 10.4. The van der Waals surface area contributed by atoms with Crippen molar-refractivity contribution in [3.05, 3.63) is 12.3 Å². The second-order valence-corrected chi connectivity index (χ2v) is 1.58. The van der Waals surface area contributed by atoms with Gasteiger partial charge in [-0.05, 0) is 13.0 Å². The van der Waals surface area contributed by atoms with E-state index in [4.69, 9.17) is 0 Å². The molecule has 0 saturated carbocycles. The van der Waals surface area contributed by atoms with Crippen molar-refractivity contribution in [1.82, 2.24) is 5.32 Å². The van der Waals surface area contributed by atoms with Crippen LogP contribution in [0.5, 0.6) is 0 Å². The maximum atomic E-state index is 10.2. The minimum Gasteiger partial charge on any atom is -0.384 e. The van der Waals surface area contributed by atoms with E-state index in [9.17, 15) is 9.59 Å². The van der Waals surface area contributed by atoms with Gasteiger partial charge in [-0.25, -0.2) is 0 Å². The van der Waals surface area contributed by atoms with Crippen LogP contribution in [-0.4, -0.2) is 18.6 Å². The molecule has 0 radical (unpaired) electrons. The Morgan fingerprint density at radius 1 is 1.67 bits per heavy atom. The molecule has 0 heterocycles. The fourth-order valence-electron chi connectivity index (χ4n) is 0.310. The average molecular weight is 127 g/mol. The molecule has 0 rings (SSSR count). The molecule has 0 aromatic heterocycles. The minimum atomic E-state index is 0.0468. The number of hydrogen-bond donors (Lipinski definition) is 1. The zero-order valence-corrected chi connectivity index (χ0v) is 5.26. The number of carbonyl (C=O) groups excluding carboxylic acids is 2. The van der Waals surface area contributed by atoms with Gasteiger partial charge in [0, 0.05) is 6.20 Å². The fourth-order valence-corrected chi connectivity index (χ4v) is 0.310. The van der Waals surface area contributed by atoms with Crippen molar-refractivity contribution in [2.45, 2.75) is 6.92 Å². The third-order valence-electron chi connectivity index (χ3n) is 0.644. The van der Waals surface area contributed by atoms with Crippen molar-refractivity contribution >= 4 is 12.1 Å². The quantitative estimate of drug-likeness (QED) is 0.423. The summed E-state index contributed by atoms with van der Waals surface area (Å²) in [5.41, 5.74) is 0. The van der Waals surface area contributed by atoms with Gasteiger partial charge >= 0.3 is 0 Å². The Morgan fingerprint density at radius 3 is 2.78 bits per heavy atom. The summed E-state index contributed by atoms with van der Waals surface area (Å²) in [6, 6.07) is 0. The topological polar surface area (TPSA) is 46.2 Å². The van der Waals surface area contributed by atoms with Gasteiger partial charge in [0.25, 0.3) is 0 Å². The number of allylic oxidation sites excluding steroid dienone is 1. The summed E-state index contributed by atoms with van der Waals surface area (Å²) >= 11 is 0. The van der Waals surface area contributed by atoms with Gasteiger partial charge in [0.2, 0.25) is 0 Å². The van der Waals surface area contributed by atoms with E-state index in [1.165, 1.54) is 19.2 Å². The SMILES string of the molecule is CC(=O)CN/C=C/C=O. The Morgan fingerprint density at radius 2 is 2.33 bits per heavy atom. The summed E-state index contributed by atoms with van der Waals surface area (Å²) in [6.45, 7) is 1.76. The lowest BCUT2D eigenvalue weighted by Gasteiger charge is -1.90.